The Labute approximate surface area is 129 Å². The molecule has 0 fully saturated rings. The zero-order chi connectivity index (χ0) is 16.1. The number of anilines is 1. The molecule has 1 aromatic heterocycles. The molecule has 5 nitrogen and oxygen atoms in total. The Morgan fingerprint density at radius 3 is 2.41 bits per heavy atom. The number of nitrogens with zero attached hydrogens (tertiary/aromatic N) is 2. The van der Waals surface area contributed by atoms with Crippen molar-refractivity contribution in [3.8, 4) is 0 Å². The second kappa shape index (κ2) is 6.85. The molecule has 0 bridgehead atoms. The van der Waals surface area contributed by atoms with Crippen molar-refractivity contribution < 1.29 is 14.7 Å². The van der Waals surface area contributed by atoms with Crippen molar-refractivity contribution in [2.75, 3.05) is 11.4 Å². The van der Waals surface area contributed by atoms with Gasteiger partial charge in [0.15, 0.2) is 0 Å². The third kappa shape index (κ3) is 3.49. The van der Waals surface area contributed by atoms with Crippen LogP contribution in [0, 0.1) is 12.8 Å². The van der Waals surface area contributed by atoms with Gasteiger partial charge < -0.3 is 10.0 Å². The predicted octanol–water partition coefficient (Wildman–Crippen LogP) is 2.76. The van der Waals surface area contributed by atoms with Gasteiger partial charge in [-0.25, -0.2) is 0 Å². The van der Waals surface area contributed by atoms with Gasteiger partial charge in [-0.15, -0.1) is 0 Å². The van der Waals surface area contributed by atoms with E-state index in [0.29, 0.717) is 5.56 Å². The Morgan fingerprint density at radius 1 is 1.18 bits per heavy atom. The van der Waals surface area contributed by atoms with Crippen LogP contribution in [0.2, 0.25) is 0 Å². The number of amides is 1. The van der Waals surface area contributed by atoms with Crippen molar-refractivity contribution in [2.45, 2.75) is 13.8 Å². The number of para-hydroxylation sites is 1. The van der Waals surface area contributed by atoms with Gasteiger partial charge in [-0.05, 0) is 30.7 Å². The van der Waals surface area contributed by atoms with E-state index in [9.17, 15) is 9.59 Å². The average Bonchev–Trinajstić information content (AvgIpc) is 2.53. The molecule has 1 atom stereocenters. The maximum atomic E-state index is 12.8. The third-order valence-electron chi connectivity index (χ3n) is 3.46. The maximum Gasteiger partial charge on any atom is 0.308 e. The molecule has 2 aromatic rings. The Bertz CT molecular complexity index is 671. The van der Waals surface area contributed by atoms with Gasteiger partial charge in [0.1, 0.15) is 0 Å². The molecule has 0 aliphatic heterocycles. The summed E-state index contributed by atoms with van der Waals surface area (Å²) in [6.07, 6.45) is 3.09. The second-order valence-corrected chi connectivity index (χ2v) is 5.18. The van der Waals surface area contributed by atoms with Gasteiger partial charge in [0.05, 0.1) is 5.92 Å². The monoisotopic (exact) mass is 298 g/mol. The predicted molar refractivity (Wildman–Crippen MR) is 83.9 cm³/mol. The van der Waals surface area contributed by atoms with Crippen LogP contribution < -0.4 is 4.90 Å². The number of aliphatic carboxylic acids is 1. The topological polar surface area (TPSA) is 70.5 Å². The van der Waals surface area contributed by atoms with Gasteiger partial charge in [0.25, 0.3) is 5.91 Å². The number of carboxylic acid groups (broad SMARTS) is 1. The minimum atomic E-state index is -0.930. The van der Waals surface area contributed by atoms with Crippen molar-refractivity contribution in [3.05, 3.63) is 59.9 Å². The van der Waals surface area contributed by atoms with E-state index >= 15 is 0 Å². The molecule has 1 heterocycles. The summed E-state index contributed by atoms with van der Waals surface area (Å²) < 4.78 is 0. The Morgan fingerprint density at radius 2 is 1.82 bits per heavy atom. The van der Waals surface area contributed by atoms with Crippen LogP contribution in [-0.4, -0.2) is 28.5 Å². The summed E-state index contributed by atoms with van der Waals surface area (Å²) in [6, 6.07) is 10.7. The highest BCUT2D eigenvalue weighted by molar-refractivity contribution is 6.06. The highest BCUT2D eigenvalue weighted by atomic mass is 16.4. The van der Waals surface area contributed by atoms with E-state index in [4.69, 9.17) is 5.11 Å². The van der Waals surface area contributed by atoms with Crippen molar-refractivity contribution in [1.82, 2.24) is 4.98 Å². The van der Waals surface area contributed by atoms with Crippen molar-refractivity contribution >= 4 is 17.6 Å². The number of benzene rings is 1. The largest absolute Gasteiger partial charge is 0.481 e. The van der Waals surface area contributed by atoms with E-state index in [0.717, 1.165) is 11.3 Å². The fourth-order valence-corrected chi connectivity index (χ4v) is 2.16. The number of carbonyl (C=O) groups excluding carboxylic acids is 1. The summed E-state index contributed by atoms with van der Waals surface area (Å²) in [5.41, 5.74) is 2.12. The van der Waals surface area contributed by atoms with Crippen LogP contribution in [0.15, 0.2) is 48.8 Å². The first-order chi connectivity index (χ1) is 10.5. The number of rotatable bonds is 5. The van der Waals surface area contributed by atoms with Crippen LogP contribution in [-0.2, 0) is 4.79 Å². The summed E-state index contributed by atoms with van der Waals surface area (Å²) >= 11 is 0. The van der Waals surface area contributed by atoms with Gasteiger partial charge in [-0.1, -0.05) is 25.1 Å². The van der Waals surface area contributed by atoms with Gasteiger partial charge in [0.2, 0.25) is 0 Å². The van der Waals surface area contributed by atoms with Crippen LogP contribution in [0.5, 0.6) is 0 Å². The second-order valence-electron chi connectivity index (χ2n) is 5.18. The van der Waals surface area contributed by atoms with E-state index in [1.165, 1.54) is 4.90 Å². The van der Waals surface area contributed by atoms with Gasteiger partial charge in [-0.2, -0.15) is 0 Å². The summed E-state index contributed by atoms with van der Waals surface area (Å²) in [5.74, 6) is -1.82. The number of carboxylic acids is 1. The first kappa shape index (κ1) is 15.7. The zero-order valence-electron chi connectivity index (χ0n) is 12.6. The third-order valence-corrected chi connectivity index (χ3v) is 3.46. The lowest BCUT2D eigenvalue weighted by Gasteiger charge is -2.26. The molecular formula is C17H18N2O3. The fraction of sp³-hybridized carbons (Fsp3) is 0.235. The molecule has 2 rings (SSSR count). The summed E-state index contributed by atoms with van der Waals surface area (Å²) in [4.78, 5) is 29.3. The number of aryl methyl sites for hydroxylation is 1. The van der Waals surface area contributed by atoms with E-state index in [2.05, 4.69) is 4.98 Å². The van der Waals surface area contributed by atoms with Crippen LogP contribution in [0.4, 0.5) is 5.69 Å². The maximum absolute atomic E-state index is 12.8. The van der Waals surface area contributed by atoms with E-state index < -0.39 is 11.9 Å². The molecule has 0 saturated carbocycles. The summed E-state index contributed by atoms with van der Waals surface area (Å²) in [5, 5.41) is 9.15. The quantitative estimate of drug-likeness (QED) is 0.921. The molecule has 1 unspecified atom stereocenters. The molecule has 1 aromatic carbocycles. The molecule has 114 valence electrons. The highest BCUT2D eigenvalue weighted by Gasteiger charge is 2.24. The number of pyridine rings is 1. The molecule has 1 amide bonds. The smallest absolute Gasteiger partial charge is 0.308 e. The first-order valence-corrected chi connectivity index (χ1v) is 7.01. The molecule has 1 N–H and O–H groups in total. The molecule has 0 aliphatic rings. The first-order valence-electron chi connectivity index (χ1n) is 7.01. The average molecular weight is 298 g/mol. The molecular weight excluding hydrogens is 280 g/mol. The van der Waals surface area contributed by atoms with Crippen LogP contribution in [0.25, 0.3) is 0 Å². The van der Waals surface area contributed by atoms with Crippen molar-refractivity contribution in [3.63, 3.8) is 0 Å². The fourth-order valence-electron chi connectivity index (χ4n) is 2.16. The lowest BCUT2D eigenvalue weighted by molar-refractivity contribution is -0.140. The minimum absolute atomic E-state index is 0.112. The van der Waals surface area contributed by atoms with Crippen LogP contribution in [0.1, 0.15) is 22.8 Å². The highest BCUT2D eigenvalue weighted by Crippen LogP contribution is 2.23. The van der Waals surface area contributed by atoms with Gasteiger partial charge in [-0.3, -0.25) is 14.6 Å². The summed E-state index contributed by atoms with van der Waals surface area (Å²) in [7, 11) is 0. The van der Waals surface area contributed by atoms with E-state index in [1.807, 2.05) is 31.2 Å². The molecule has 0 saturated heterocycles. The number of aromatic nitrogens is 1. The lowest BCUT2D eigenvalue weighted by Crippen LogP contribution is -2.37. The Kier molecular flexibility index (Phi) is 4.88. The zero-order valence-corrected chi connectivity index (χ0v) is 12.6. The molecule has 0 radical (unpaired) electrons. The Hall–Kier alpha value is -2.69. The standard InChI is InChI=1S/C17H18N2O3/c1-12-5-3-4-6-15(12)19(11-13(2)17(21)22)16(20)14-7-9-18-10-8-14/h3-10,13H,11H2,1-2H3,(H,21,22). The van der Waals surface area contributed by atoms with Gasteiger partial charge >= 0.3 is 5.97 Å². The lowest BCUT2D eigenvalue weighted by atomic mass is 10.1. The van der Waals surface area contributed by atoms with E-state index in [-0.39, 0.29) is 12.5 Å². The summed E-state index contributed by atoms with van der Waals surface area (Å²) in [6.45, 7) is 3.60. The molecule has 0 spiro atoms. The Balaban J connectivity index is 2.40. The van der Waals surface area contributed by atoms with E-state index in [1.54, 1.807) is 31.5 Å². The minimum Gasteiger partial charge on any atom is -0.481 e. The molecule has 0 aliphatic carbocycles. The number of carbonyl (C=O) groups is 2. The van der Waals surface area contributed by atoms with Crippen LogP contribution >= 0.6 is 0 Å². The van der Waals surface area contributed by atoms with Crippen molar-refractivity contribution in [1.29, 1.82) is 0 Å². The van der Waals surface area contributed by atoms with Gasteiger partial charge in [0, 0.05) is 30.2 Å². The number of hydrogen-bond donors (Lipinski definition) is 1. The normalized spacial score (nSPS) is 11.7. The molecule has 5 heteroatoms. The number of hydrogen-bond acceptors (Lipinski definition) is 3. The molecule has 22 heavy (non-hydrogen) atoms. The van der Waals surface area contributed by atoms with Crippen LogP contribution in [0.3, 0.4) is 0 Å². The van der Waals surface area contributed by atoms with Crippen molar-refractivity contribution in [2.24, 2.45) is 5.92 Å². The SMILES string of the molecule is Cc1ccccc1N(CC(C)C(=O)O)C(=O)c1ccncc1.